The minimum atomic E-state index is -0.923. The maximum atomic E-state index is 13.1. The van der Waals surface area contributed by atoms with E-state index < -0.39 is 44.3 Å². The number of carbonyl (C=O) groups excluding carboxylic acids is 2. The van der Waals surface area contributed by atoms with Crippen molar-refractivity contribution >= 4 is 44.6 Å². The Balaban J connectivity index is 1.79. The number of nitrogens with zero attached hydrogens (tertiary/aromatic N) is 3. The average molecular weight is 532 g/mol. The molecule has 4 heterocycles. The summed E-state index contributed by atoms with van der Waals surface area (Å²) < 4.78 is 6.55. The van der Waals surface area contributed by atoms with E-state index in [1.165, 1.54) is 6.07 Å². The molecule has 0 radical (unpaired) electrons. The third-order valence-corrected chi connectivity index (χ3v) is 6.67. The Hall–Kier alpha value is -4.90. The number of methoxy groups -OCH3 is 1. The standard InChI is InChI=1S/C19H12N6O9S2/c1-34-17(29)15-8(23-4-2-10(26)20-18(23)30)6-12(35-15)22-16(28)14-9(7-13(36-14)25(32)33)24-5-3-11(27)21-19(24)31/h2-7H,1H3,(H,22,28)(H,20,26,30)(H,21,27,31). The predicted octanol–water partition coefficient (Wildman–Crippen LogP) is 0.435. The maximum Gasteiger partial charge on any atom is 0.350 e. The summed E-state index contributed by atoms with van der Waals surface area (Å²) in [6.07, 6.45) is 2.19. The third kappa shape index (κ3) is 4.55. The maximum absolute atomic E-state index is 13.1. The first-order valence-electron chi connectivity index (χ1n) is 9.55. The van der Waals surface area contributed by atoms with Crippen molar-refractivity contribution in [3.05, 3.63) is 98.2 Å². The van der Waals surface area contributed by atoms with Gasteiger partial charge in [-0.05, 0) is 6.07 Å². The van der Waals surface area contributed by atoms with Crippen LogP contribution in [0.1, 0.15) is 19.3 Å². The minimum absolute atomic E-state index is 0.00219. The van der Waals surface area contributed by atoms with Crippen molar-refractivity contribution in [2.24, 2.45) is 0 Å². The van der Waals surface area contributed by atoms with Crippen molar-refractivity contribution in [1.29, 1.82) is 0 Å². The van der Waals surface area contributed by atoms with Crippen molar-refractivity contribution in [3.8, 4) is 11.4 Å². The second kappa shape index (κ2) is 9.39. The molecular formula is C19H12N6O9S2. The van der Waals surface area contributed by atoms with Crippen LogP contribution in [0.3, 0.4) is 0 Å². The van der Waals surface area contributed by atoms with Crippen LogP contribution in [0.15, 0.2) is 55.8 Å². The molecule has 0 unspecified atom stereocenters. The molecule has 184 valence electrons. The van der Waals surface area contributed by atoms with Crippen LogP contribution in [0, 0.1) is 10.1 Å². The number of ether oxygens (including phenoxy) is 1. The number of aromatic amines is 2. The first-order valence-corrected chi connectivity index (χ1v) is 11.2. The number of rotatable bonds is 6. The number of nitro groups is 1. The van der Waals surface area contributed by atoms with Crippen LogP contribution in [0.2, 0.25) is 0 Å². The van der Waals surface area contributed by atoms with Crippen LogP contribution in [-0.2, 0) is 4.74 Å². The Morgan fingerprint density at radius 1 is 0.944 bits per heavy atom. The Bertz CT molecular complexity index is 1770. The van der Waals surface area contributed by atoms with Gasteiger partial charge in [0.15, 0.2) is 0 Å². The van der Waals surface area contributed by atoms with E-state index in [1.807, 2.05) is 9.97 Å². The van der Waals surface area contributed by atoms with Gasteiger partial charge in [-0.1, -0.05) is 11.3 Å². The number of thiophene rings is 2. The molecule has 0 saturated carbocycles. The molecule has 1 amide bonds. The first kappa shape index (κ1) is 24.2. The number of nitrogens with one attached hydrogen (secondary N) is 3. The van der Waals surface area contributed by atoms with E-state index in [4.69, 9.17) is 4.74 Å². The summed E-state index contributed by atoms with van der Waals surface area (Å²) in [5.74, 6) is -1.71. The summed E-state index contributed by atoms with van der Waals surface area (Å²) in [4.78, 5) is 86.9. The van der Waals surface area contributed by atoms with Crippen LogP contribution in [0.5, 0.6) is 0 Å². The lowest BCUT2D eigenvalue weighted by molar-refractivity contribution is -0.380. The average Bonchev–Trinajstić information content (AvgIpc) is 3.44. The fourth-order valence-electron chi connectivity index (χ4n) is 3.04. The molecule has 3 N–H and O–H groups in total. The summed E-state index contributed by atoms with van der Waals surface area (Å²) in [5.41, 5.74) is -3.30. The number of esters is 1. The molecule has 4 aromatic rings. The van der Waals surface area contributed by atoms with E-state index in [2.05, 4.69) is 5.32 Å². The molecule has 0 aromatic carbocycles. The summed E-state index contributed by atoms with van der Waals surface area (Å²) in [6, 6.07) is 4.32. The highest BCUT2D eigenvalue weighted by atomic mass is 32.1. The van der Waals surface area contributed by atoms with Crippen LogP contribution < -0.4 is 27.8 Å². The van der Waals surface area contributed by atoms with Gasteiger partial charge in [0.2, 0.25) is 0 Å². The van der Waals surface area contributed by atoms with Crippen LogP contribution in [0.4, 0.5) is 10.0 Å². The van der Waals surface area contributed by atoms with Gasteiger partial charge in [-0.15, -0.1) is 11.3 Å². The molecule has 15 nitrogen and oxygen atoms in total. The van der Waals surface area contributed by atoms with Gasteiger partial charge >= 0.3 is 22.3 Å². The molecule has 4 aromatic heterocycles. The molecule has 4 rings (SSSR count). The van der Waals surface area contributed by atoms with Gasteiger partial charge in [0.25, 0.3) is 17.0 Å². The molecule has 0 aliphatic heterocycles. The lowest BCUT2D eigenvalue weighted by Gasteiger charge is -2.05. The van der Waals surface area contributed by atoms with Crippen LogP contribution in [-0.4, -0.2) is 43.0 Å². The van der Waals surface area contributed by atoms with Crippen molar-refractivity contribution in [2.75, 3.05) is 12.4 Å². The molecule has 0 aliphatic rings. The van der Waals surface area contributed by atoms with Gasteiger partial charge < -0.3 is 10.1 Å². The Morgan fingerprint density at radius 3 is 2.00 bits per heavy atom. The van der Waals surface area contributed by atoms with Crippen molar-refractivity contribution in [1.82, 2.24) is 19.1 Å². The van der Waals surface area contributed by atoms with Crippen molar-refractivity contribution in [2.45, 2.75) is 0 Å². The van der Waals surface area contributed by atoms with E-state index in [0.29, 0.717) is 11.3 Å². The fraction of sp³-hybridized carbons (Fsp3) is 0.0526. The van der Waals surface area contributed by atoms with Gasteiger partial charge in [0.1, 0.15) is 9.75 Å². The smallest absolute Gasteiger partial charge is 0.350 e. The highest BCUT2D eigenvalue weighted by Crippen LogP contribution is 2.34. The highest BCUT2D eigenvalue weighted by Gasteiger charge is 2.26. The Kier molecular flexibility index (Phi) is 6.32. The summed E-state index contributed by atoms with van der Waals surface area (Å²) in [5, 5.41) is 13.4. The molecule has 0 saturated heterocycles. The van der Waals surface area contributed by atoms with E-state index in [-0.39, 0.29) is 26.1 Å². The molecule has 0 bridgehead atoms. The van der Waals surface area contributed by atoms with E-state index in [0.717, 1.165) is 58.2 Å². The monoisotopic (exact) mass is 532 g/mol. The van der Waals surface area contributed by atoms with E-state index in [9.17, 15) is 38.9 Å². The number of aromatic nitrogens is 4. The lowest BCUT2D eigenvalue weighted by atomic mass is 10.3. The van der Waals surface area contributed by atoms with Crippen molar-refractivity contribution in [3.63, 3.8) is 0 Å². The van der Waals surface area contributed by atoms with E-state index >= 15 is 0 Å². The molecule has 0 aliphatic carbocycles. The van der Waals surface area contributed by atoms with Crippen LogP contribution in [0.25, 0.3) is 11.4 Å². The van der Waals surface area contributed by atoms with Gasteiger partial charge in [0.05, 0.1) is 34.5 Å². The second-order valence-corrected chi connectivity index (χ2v) is 8.87. The SMILES string of the molecule is COC(=O)c1sc(NC(=O)c2sc([N+](=O)[O-])cc2-n2ccc(=O)[nH]c2=O)cc1-n1ccc(=O)[nH]c1=O. The zero-order chi connectivity index (χ0) is 26.1. The second-order valence-electron chi connectivity index (χ2n) is 6.79. The number of hydrogen-bond acceptors (Lipinski definition) is 11. The largest absolute Gasteiger partial charge is 0.465 e. The number of amides is 1. The van der Waals surface area contributed by atoms with Gasteiger partial charge in [-0.3, -0.25) is 43.6 Å². The van der Waals surface area contributed by atoms with Gasteiger partial charge in [0, 0.05) is 24.5 Å². The Morgan fingerprint density at radius 2 is 1.50 bits per heavy atom. The summed E-state index contributed by atoms with van der Waals surface area (Å²) in [7, 11) is 1.11. The predicted molar refractivity (Wildman–Crippen MR) is 127 cm³/mol. The highest BCUT2D eigenvalue weighted by molar-refractivity contribution is 7.19. The molecule has 0 atom stereocenters. The minimum Gasteiger partial charge on any atom is -0.465 e. The molecule has 0 spiro atoms. The number of hydrogen-bond donors (Lipinski definition) is 3. The zero-order valence-corrected chi connectivity index (χ0v) is 19.4. The first-order chi connectivity index (χ1) is 17.1. The van der Waals surface area contributed by atoms with Crippen molar-refractivity contribution < 1.29 is 19.2 Å². The van der Waals surface area contributed by atoms with Gasteiger partial charge in [-0.25, -0.2) is 14.4 Å². The van der Waals surface area contributed by atoms with E-state index in [1.54, 1.807) is 0 Å². The lowest BCUT2D eigenvalue weighted by Crippen LogP contribution is -2.28. The van der Waals surface area contributed by atoms with Crippen LogP contribution >= 0.6 is 22.7 Å². The summed E-state index contributed by atoms with van der Waals surface area (Å²) >= 11 is 1.22. The molecule has 36 heavy (non-hydrogen) atoms. The quantitative estimate of drug-likeness (QED) is 0.178. The Labute approximate surface area is 205 Å². The zero-order valence-electron chi connectivity index (χ0n) is 17.8. The summed E-state index contributed by atoms with van der Waals surface area (Å²) in [6.45, 7) is 0. The fourth-order valence-corrected chi connectivity index (χ4v) is 4.87. The molecular weight excluding hydrogens is 520 g/mol. The number of anilines is 1. The topological polar surface area (TPSA) is 208 Å². The van der Waals surface area contributed by atoms with Gasteiger partial charge in [-0.2, -0.15) is 0 Å². The number of carbonyl (C=O) groups is 2. The molecule has 0 fully saturated rings. The molecule has 17 heteroatoms. The third-order valence-electron chi connectivity index (χ3n) is 4.57. The normalized spacial score (nSPS) is 10.7. The number of H-pyrrole nitrogens is 2.